The highest BCUT2D eigenvalue weighted by Crippen LogP contribution is 2.15. The second kappa shape index (κ2) is 7.64. The van der Waals surface area contributed by atoms with Crippen LogP contribution < -0.4 is 5.32 Å². The van der Waals surface area contributed by atoms with Crippen molar-refractivity contribution in [1.82, 2.24) is 5.32 Å². The van der Waals surface area contributed by atoms with Gasteiger partial charge in [-0.1, -0.05) is 38.1 Å². The second-order valence-electron chi connectivity index (χ2n) is 5.92. The fraction of sp³-hybridized carbons (Fsp3) is 0.316. The maximum Gasteiger partial charge on any atom is 0.244 e. The average Bonchev–Trinajstić information content (AvgIpc) is 2.98. The van der Waals surface area contributed by atoms with E-state index in [2.05, 4.69) is 43.4 Å². The highest BCUT2D eigenvalue weighted by molar-refractivity contribution is 5.91. The number of carbonyl (C=O) groups is 1. The number of hydrogen-bond acceptors (Lipinski definition) is 2. The maximum absolute atomic E-state index is 11.9. The van der Waals surface area contributed by atoms with Gasteiger partial charge in [0.2, 0.25) is 5.91 Å². The Morgan fingerprint density at radius 3 is 2.50 bits per heavy atom. The van der Waals surface area contributed by atoms with Gasteiger partial charge in [-0.3, -0.25) is 4.79 Å². The molecule has 1 amide bonds. The smallest absolute Gasteiger partial charge is 0.244 e. The summed E-state index contributed by atoms with van der Waals surface area (Å²) in [6.45, 7) is 6.40. The molecule has 1 N–H and O–H groups in total. The van der Waals surface area contributed by atoms with Crippen molar-refractivity contribution >= 4 is 12.0 Å². The van der Waals surface area contributed by atoms with Crippen LogP contribution in [0.1, 0.15) is 43.7 Å². The summed E-state index contributed by atoms with van der Waals surface area (Å²) in [6, 6.07) is 12.0. The van der Waals surface area contributed by atoms with Gasteiger partial charge in [-0.15, -0.1) is 0 Å². The molecule has 1 atom stereocenters. The average molecular weight is 297 g/mol. The van der Waals surface area contributed by atoms with Crippen LogP contribution in [0.2, 0.25) is 0 Å². The molecule has 0 spiro atoms. The van der Waals surface area contributed by atoms with Crippen LogP contribution in [0.25, 0.3) is 6.08 Å². The van der Waals surface area contributed by atoms with E-state index in [1.54, 1.807) is 24.5 Å². The summed E-state index contributed by atoms with van der Waals surface area (Å²) in [6.07, 6.45) is 5.81. The van der Waals surface area contributed by atoms with Crippen molar-refractivity contribution in [2.24, 2.45) is 5.92 Å². The minimum atomic E-state index is -0.129. The van der Waals surface area contributed by atoms with Gasteiger partial charge in [-0.05, 0) is 48.6 Å². The monoisotopic (exact) mass is 297 g/mol. The van der Waals surface area contributed by atoms with Crippen molar-refractivity contribution in [1.29, 1.82) is 0 Å². The summed E-state index contributed by atoms with van der Waals surface area (Å²) in [7, 11) is 0. The number of carbonyl (C=O) groups excluding carboxylic acids is 1. The number of nitrogens with one attached hydrogen (secondary N) is 1. The Hall–Kier alpha value is -2.29. The lowest BCUT2D eigenvalue weighted by molar-refractivity contribution is -0.117. The molecule has 0 saturated carbocycles. The Morgan fingerprint density at radius 2 is 1.91 bits per heavy atom. The van der Waals surface area contributed by atoms with Crippen LogP contribution in [0.15, 0.2) is 53.2 Å². The number of furan rings is 1. The van der Waals surface area contributed by atoms with E-state index in [-0.39, 0.29) is 11.9 Å². The molecular weight excluding hydrogens is 274 g/mol. The van der Waals surface area contributed by atoms with E-state index in [1.165, 1.54) is 11.6 Å². The van der Waals surface area contributed by atoms with Crippen molar-refractivity contribution in [3.8, 4) is 0 Å². The topological polar surface area (TPSA) is 42.2 Å². The molecule has 0 bridgehead atoms. The maximum atomic E-state index is 11.9. The van der Waals surface area contributed by atoms with Gasteiger partial charge in [0.05, 0.1) is 12.3 Å². The van der Waals surface area contributed by atoms with Crippen LogP contribution in [-0.2, 0) is 11.2 Å². The molecule has 1 aromatic heterocycles. The summed E-state index contributed by atoms with van der Waals surface area (Å²) in [5.74, 6) is 1.19. The Labute approximate surface area is 132 Å². The third-order valence-corrected chi connectivity index (χ3v) is 3.42. The Balaban J connectivity index is 1.91. The van der Waals surface area contributed by atoms with Gasteiger partial charge in [0.1, 0.15) is 5.76 Å². The molecule has 2 aromatic rings. The van der Waals surface area contributed by atoms with Gasteiger partial charge < -0.3 is 9.73 Å². The zero-order valence-corrected chi connectivity index (χ0v) is 13.4. The quantitative estimate of drug-likeness (QED) is 0.804. The van der Waals surface area contributed by atoms with Gasteiger partial charge in [0.25, 0.3) is 0 Å². The van der Waals surface area contributed by atoms with Crippen LogP contribution in [0.5, 0.6) is 0 Å². The molecule has 116 valence electrons. The highest BCUT2D eigenvalue weighted by atomic mass is 16.3. The standard InChI is InChI=1S/C19H23NO2/c1-14(2)13-16-6-8-17(9-7-16)15(3)20-19(21)11-10-18-5-4-12-22-18/h4-12,14-15H,13H2,1-3H3,(H,20,21)/b11-10+/t15-/m1/s1. The van der Waals surface area contributed by atoms with E-state index >= 15 is 0 Å². The summed E-state index contributed by atoms with van der Waals surface area (Å²) in [4.78, 5) is 11.9. The third-order valence-electron chi connectivity index (χ3n) is 3.42. The summed E-state index contributed by atoms with van der Waals surface area (Å²) in [5, 5.41) is 2.95. The fourth-order valence-corrected chi connectivity index (χ4v) is 2.30. The zero-order chi connectivity index (χ0) is 15.9. The van der Waals surface area contributed by atoms with Crippen molar-refractivity contribution in [3.05, 3.63) is 65.6 Å². The molecule has 2 rings (SSSR count). The van der Waals surface area contributed by atoms with Gasteiger partial charge in [0.15, 0.2) is 0 Å². The first-order valence-corrected chi connectivity index (χ1v) is 7.65. The van der Waals surface area contributed by atoms with E-state index in [1.807, 2.05) is 6.92 Å². The first-order valence-electron chi connectivity index (χ1n) is 7.65. The van der Waals surface area contributed by atoms with Crippen LogP contribution in [0.3, 0.4) is 0 Å². The minimum absolute atomic E-state index is 0.0261. The molecule has 22 heavy (non-hydrogen) atoms. The molecule has 0 fully saturated rings. The first kappa shape index (κ1) is 16.1. The Morgan fingerprint density at radius 1 is 1.18 bits per heavy atom. The number of rotatable bonds is 6. The van der Waals surface area contributed by atoms with Gasteiger partial charge in [0, 0.05) is 6.08 Å². The number of hydrogen-bond donors (Lipinski definition) is 1. The van der Waals surface area contributed by atoms with Crippen LogP contribution >= 0.6 is 0 Å². The van der Waals surface area contributed by atoms with E-state index in [0.29, 0.717) is 11.7 Å². The third kappa shape index (κ3) is 4.92. The lowest BCUT2D eigenvalue weighted by atomic mass is 10.00. The number of benzene rings is 1. The van der Waals surface area contributed by atoms with Crippen molar-refractivity contribution < 1.29 is 9.21 Å². The molecule has 0 aliphatic rings. The molecule has 0 aliphatic heterocycles. The van der Waals surface area contributed by atoms with Crippen molar-refractivity contribution in [2.45, 2.75) is 33.2 Å². The fourth-order valence-electron chi connectivity index (χ4n) is 2.30. The predicted octanol–water partition coefficient (Wildman–Crippen LogP) is 4.37. The normalized spacial score (nSPS) is 12.7. The molecule has 0 radical (unpaired) electrons. The Kier molecular flexibility index (Phi) is 5.59. The lowest BCUT2D eigenvalue weighted by Crippen LogP contribution is -2.24. The SMILES string of the molecule is CC(C)Cc1ccc([C@@H](C)NC(=O)/C=C/c2ccco2)cc1. The first-order chi connectivity index (χ1) is 10.5. The molecule has 3 nitrogen and oxygen atoms in total. The molecular formula is C19H23NO2. The minimum Gasteiger partial charge on any atom is -0.465 e. The molecule has 0 unspecified atom stereocenters. The highest BCUT2D eigenvalue weighted by Gasteiger charge is 2.08. The largest absolute Gasteiger partial charge is 0.465 e. The predicted molar refractivity (Wildman–Crippen MR) is 89.3 cm³/mol. The molecule has 1 aromatic carbocycles. The molecule has 1 heterocycles. The van der Waals surface area contributed by atoms with Gasteiger partial charge in [-0.25, -0.2) is 0 Å². The summed E-state index contributed by atoms with van der Waals surface area (Å²) < 4.78 is 5.15. The van der Waals surface area contributed by atoms with E-state index in [0.717, 1.165) is 12.0 Å². The zero-order valence-electron chi connectivity index (χ0n) is 13.4. The van der Waals surface area contributed by atoms with Gasteiger partial charge in [-0.2, -0.15) is 0 Å². The number of amides is 1. The van der Waals surface area contributed by atoms with E-state index < -0.39 is 0 Å². The van der Waals surface area contributed by atoms with Crippen molar-refractivity contribution in [3.63, 3.8) is 0 Å². The molecule has 0 saturated heterocycles. The van der Waals surface area contributed by atoms with Crippen LogP contribution in [0, 0.1) is 5.92 Å². The molecule has 3 heteroatoms. The Bertz CT molecular complexity index is 609. The summed E-state index contributed by atoms with van der Waals surface area (Å²) >= 11 is 0. The van der Waals surface area contributed by atoms with Gasteiger partial charge >= 0.3 is 0 Å². The summed E-state index contributed by atoms with van der Waals surface area (Å²) in [5.41, 5.74) is 2.43. The van der Waals surface area contributed by atoms with E-state index in [4.69, 9.17) is 4.42 Å². The van der Waals surface area contributed by atoms with E-state index in [9.17, 15) is 4.79 Å². The van der Waals surface area contributed by atoms with Crippen LogP contribution in [-0.4, -0.2) is 5.91 Å². The van der Waals surface area contributed by atoms with Crippen LogP contribution in [0.4, 0.5) is 0 Å². The molecule has 0 aliphatic carbocycles. The van der Waals surface area contributed by atoms with Crippen molar-refractivity contribution in [2.75, 3.05) is 0 Å². The second-order valence-corrected chi connectivity index (χ2v) is 5.92. The lowest BCUT2D eigenvalue weighted by Gasteiger charge is -2.14.